The van der Waals surface area contributed by atoms with Gasteiger partial charge in [-0.25, -0.2) is 0 Å². The van der Waals surface area contributed by atoms with Crippen LogP contribution in [0.1, 0.15) is 58.8 Å². The molecule has 0 saturated heterocycles. The molecule has 0 radical (unpaired) electrons. The Labute approximate surface area is 98.2 Å². The van der Waals surface area contributed by atoms with Crippen LogP contribution in [0.3, 0.4) is 0 Å². The lowest BCUT2D eigenvalue weighted by molar-refractivity contribution is -0.125. The van der Waals surface area contributed by atoms with E-state index in [9.17, 15) is 4.79 Å². The number of hydrogen-bond acceptors (Lipinski definition) is 2. The normalized spacial score (nSPS) is 34.4. The van der Waals surface area contributed by atoms with E-state index in [0.717, 1.165) is 25.7 Å². The molecule has 1 unspecified atom stereocenters. The molecule has 92 valence electrons. The van der Waals surface area contributed by atoms with Gasteiger partial charge in [0.1, 0.15) is 0 Å². The van der Waals surface area contributed by atoms with Crippen LogP contribution in [0.15, 0.2) is 0 Å². The van der Waals surface area contributed by atoms with Crippen LogP contribution in [0, 0.1) is 5.41 Å². The first kappa shape index (κ1) is 11.9. The third-order valence-corrected chi connectivity index (χ3v) is 4.22. The van der Waals surface area contributed by atoms with Crippen molar-refractivity contribution < 1.29 is 4.79 Å². The first-order valence-corrected chi connectivity index (χ1v) is 6.51. The van der Waals surface area contributed by atoms with Crippen LogP contribution in [0.2, 0.25) is 0 Å². The molecule has 2 saturated carbocycles. The summed E-state index contributed by atoms with van der Waals surface area (Å²) in [5.41, 5.74) is 5.59. The highest BCUT2D eigenvalue weighted by atomic mass is 16.1. The summed E-state index contributed by atoms with van der Waals surface area (Å²) in [6, 6.07) is 0.550. The van der Waals surface area contributed by atoms with E-state index >= 15 is 0 Å². The summed E-state index contributed by atoms with van der Waals surface area (Å²) in [7, 11) is 0. The molecule has 0 spiro atoms. The summed E-state index contributed by atoms with van der Waals surface area (Å²) in [6.45, 7) is 4.59. The molecule has 0 aliphatic heterocycles. The van der Waals surface area contributed by atoms with Gasteiger partial charge in [0.2, 0.25) is 5.91 Å². The van der Waals surface area contributed by atoms with E-state index in [0.29, 0.717) is 11.5 Å². The van der Waals surface area contributed by atoms with Gasteiger partial charge in [-0.3, -0.25) is 4.79 Å². The van der Waals surface area contributed by atoms with Gasteiger partial charge in [-0.2, -0.15) is 0 Å². The number of amides is 1. The summed E-state index contributed by atoms with van der Waals surface area (Å²) >= 11 is 0. The van der Waals surface area contributed by atoms with Crippen molar-refractivity contribution >= 4 is 5.91 Å². The average molecular weight is 224 g/mol. The monoisotopic (exact) mass is 224 g/mol. The van der Waals surface area contributed by atoms with Gasteiger partial charge in [0, 0.05) is 6.04 Å². The van der Waals surface area contributed by atoms with Crippen LogP contribution >= 0.6 is 0 Å². The average Bonchev–Trinajstić information content (AvgIpc) is 2.97. The molecule has 0 bridgehead atoms. The van der Waals surface area contributed by atoms with E-state index < -0.39 is 5.54 Å². The molecule has 2 fully saturated rings. The van der Waals surface area contributed by atoms with Crippen molar-refractivity contribution in [1.82, 2.24) is 5.32 Å². The minimum Gasteiger partial charge on any atom is -0.368 e. The second-order valence-corrected chi connectivity index (χ2v) is 6.38. The number of nitrogens with two attached hydrogens (primary N) is 1. The van der Waals surface area contributed by atoms with Crippen molar-refractivity contribution in [2.24, 2.45) is 11.1 Å². The van der Waals surface area contributed by atoms with E-state index in [4.69, 9.17) is 5.73 Å². The summed E-state index contributed by atoms with van der Waals surface area (Å²) in [5, 5.41) is 3.51. The Hall–Kier alpha value is -0.570. The van der Waals surface area contributed by atoms with E-state index in [1.165, 1.54) is 19.3 Å². The zero-order valence-corrected chi connectivity index (χ0v) is 10.5. The molecule has 1 amide bonds. The largest absolute Gasteiger partial charge is 0.368 e. The molecule has 3 N–H and O–H groups in total. The van der Waals surface area contributed by atoms with Crippen LogP contribution < -0.4 is 11.1 Å². The van der Waals surface area contributed by atoms with E-state index in [1.807, 2.05) is 0 Å². The van der Waals surface area contributed by atoms with Crippen molar-refractivity contribution in [2.75, 3.05) is 0 Å². The zero-order valence-electron chi connectivity index (χ0n) is 10.5. The topological polar surface area (TPSA) is 55.1 Å². The second kappa shape index (κ2) is 4.02. The number of rotatable bonds is 3. The zero-order chi connectivity index (χ0) is 11.8. The number of nitrogens with one attached hydrogen (secondary N) is 1. The fourth-order valence-corrected chi connectivity index (χ4v) is 2.75. The van der Waals surface area contributed by atoms with Gasteiger partial charge in [0.25, 0.3) is 0 Å². The molecule has 3 nitrogen and oxygen atoms in total. The molecule has 1 atom stereocenters. The molecule has 2 rings (SSSR count). The van der Waals surface area contributed by atoms with Gasteiger partial charge in [-0.05, 0) is 43.9 Å². The minimum atomic E-state index is -0.408. The maximum Gasteiger partial charge on any atom is 0.237 e. The molecule has 16 heavy (non-hydrogen) atoms. The lowest BCUT2D eigenvalue weighted by atomic mass is 9.83. The predicted molar refractivity (Wildman–Crippen MR) is 64.9 cm³/mol. The number of carbonyl (C=O) groups excluding carboxylic acids is 1. The lowest BCUT2D eigenvalue weighted by Gasteiger charge is -2.31. The van der Waals surface area contributed by atoms with Gasteiger partial charge in [0.05, 0.1) is 5.54 Å². The van der Waals surface area contributed by atoms with Crippen molar-refractivity contribution in [1.29, 1.82) is 0 Å². The maximum atomic E-state index is 11.8. The fraction of sp³-hybridized carbons (Fsp3) is 0.923. The van der Waals surface area contributed by atoms with Gasteiger partial charge in [0.15, 0.2) is 0 Å². The Morgan fingerprint density at radius 3 is 2.44 bits per heavy atom. The summed E-state index contributed by atoms with van der Waals surface area (Å²) < 4.78 is 0. The van der Waals surface area contributed by atoms with E-state index in [-0.39, 0.29) is 5.91 Å². The third kappa shape index (κ3) is 2.57. The molecule has 0 aromatic heterocycles. The Balaban J connectivity index is 2.09. The van der Waals surface area contributed by atoms with Gasteiger partial charge in [-0.15, -0.1) is 0 Å². The highest BCUT2D eigenvalue weighted by Crippen LogP contribution is 2.39. The van der Waals surface area contributed by atoms with Gasteiger partial charge >= 0.3 is 0 Å². The first-order chi connectivity index (χ1) is 7.44. The molecule has 0 aromatic carbocycles. The quantitative estimate of drug-likeness (QED) is 0.720. The third-order valence-electron chi connectivity index (χ3n) is 4.22. The van der Waals surface area contributed by atoms with Crippen LogP contribution in [-0.2, 0) is 4.79 Å². The second-order valence-electron chi connectivity index (χ2n) is 6.38. The molecule has 3 heteroatoms. The molecule has 0 heterocycles. The highest BCUT2D eigenvalue weighted by molar-refractivity contribution is 5.84. The summed E-state index contributed by atoms with van der Waals surface area (Å²) in [4.78, 5) is 11.8. The SMILES string of the molecule is CC1(C)CCCC(NC2CC2)(C(N)=O)CC1. The number of hydrogen-bond donors (Lipinski definition) is 2. The van der Waals surface area contributed by atoms with Crippen LogP contribution in [0.4, 0.5) is 0 Å². The van der Waals surface area contributed by atoms with Crippen LogP contribution in [-0.4, -0.2) is 17.5 Å². The van der Waals surface area contributed by atoms with Crippen LogP contribution in [0.5, 0.6) is 0 Å². The molecular weight excluding hydrogens is 200 g/mol. The molecule has 2 aliphatic carbocycles. The molecule has 2 aliphatic rings. The molecular formula is C13H24N2O. The van der Waals surface area contributed by atoms with Gasteiger partial charge < -0.3 is 11.1 Å². The Morgan fingerprint density at radius 2 is 1.88 bits per heavy atom. The van der Waals surface area contributed by atoms with E-state index in [1.54, 1.807) is 0 Å². The Kier molecular flexibility index (Phi) is 2.99. The van der Waals surface area contributed by atoms with Crippen LogP contribution in [0.25, 0.3) is 0 Å². The van der Waals surface area contributed by atoms with Gasteiger partial charge in [-0.1, -0.05) is 20.3 Å². The lowest BCUT2D eigenvalue weighted by Crippen LogP contribution is -2.56. The Bertz CT molecular complexity index is 284. The van der Waals surface area contributed by atoms with Crippen molar-refractivity contribution in [3.63, 3.8) is 0 Å². The fourth-order valence-electron chi connectivity index (χ4n) is 2.75. The minimum absolute atomic E-state index is 0.142. The Morgan fingerprint density at radius 1 is 1.19 bits per heavy atom. The predicted octanol–water partition coefficient (Wildman–Crippen LogP) is 1.95. The summed E-state index contributed by atoms with van der Waals surface area (Å²) in [5.74, 6) is -0.142. The maximum absolute atomic E-state index is 11.8. The van der Waals surface area contributed by atoms with E-state index in [2.05, 4.69) is 19.2 Å². The number of primary amides is 1. The molecule has 0 aromatic rings. The van der Waals surface area contributed by atoms with Crippen molar-refractivity contribution in [3.05, 3.63) is 0 Å². The standard InChI is InChI=1S/C13H24N2O/c1-12(2)6-3-7-13(9-8-12,11(14)16)15-10-4-5-10/h10,15H,3-9H2,1-2H3,(H2,14,16). The number of carbonyl (C=O) groups is 1. The summed E-state index contributed by atoms with van der Waals surface area (Å²) in [6.07, 6.45) is 7.64. The smallest absolute Gasteiger partial charge is 0.237 e. The first-order valence-electron chi connectivity index (χ1n) is 6.51. The van der Waals surface area contributed by atoms with Crippen molar-refractivity contribution in [2.45, 2.75) is 70.4 Å². The van der Waals surface area contributed by atoms with Crippen molar-refractivity contribution in [3.8, 4) is 0 Å². The highest BCUT2D eigenvalue weighted by Gasteiger charge is 2.43.